The molecule has 40 heavy (non-hydrogen) atoms. The number of carbonyl (C=O) groups excluding carboxylic acids is 3. The van der Waals surface area contributed by atoms with Gasteiger partial charge in [-0.2, -0.15) is 0 Å². The van der Waals surface area contributed by atoms with Gasteiger partial charge in [-0.05, 0) is 38.8 Å². The summed E-state index contributed by atoms with van der Waals surface area (Å²) >= 11 is 0. The van der Waals surface area contributed by atoms with E-state index in [4.69, 9.17) is 19.9 Å². The minimum atomic E-state index is -0.840. The van der Waals surface area contributed by atoms with Crippen LogP contribution in [0.1, 0.15) is 60.6 Å². The quantitative estimate of drug-likeness (QED) is 0.324. The number of aromatic nitrogens is 4. The molecule has 2 N–H and O–H groups in total. The molecule has 0 spiro atoms. The van der Waals surface area contributed by atoms with Crippen molar-refractivity contribution in [3.63, 3.8) is 0 Å². The molecule has 2 aromatic heterocycles. The summed E-state index contributed by atoms with van der Waals surface area (Å²) in [6, 6.07) is 6.83. The van der Waals surface area contributed by atoms with Crippen LogP contribution >= 0.6 is 0 Å². The number of nitrogens with zero attached hydrogens (tertiary/aromatic N) is 6. The lowest BCUT2D eigenvalue weighted by Crippen LogP contribution is -2.42. The number of benzene rings is 1. The van der Waals surface area contributed by atoms with E-state index in [-0.39, 0.29) is 36.6 Å². The molecule has 1 aromatic carbocycles. The maximum Gasteiger partial charge on any atom is 0.261 e. The minimum absolute atomic E-state index is 0.115. The van der Waals surface area contributed by atoms with Crippen molar-refractivity contribution in [2.24, 2.45) is 0 Å². The molecule has 210 valence electrons. The Bertz CT molecular complexity index is 1450. The van der Waals surface area contributed by atoms with E-state index in [1.165, 1.54) is 18.2 Å². The molecule has 3 amide bonds. The molecular formula is C27H31N7O6. The van der Waals surface area contributed by atoms with Crippen molar-refractivity contribution in [1.29, 1.82) is 0 Å². The molecule has 5 heterocycles. The Hall–Kier alpha value is -3.94. The van der Waals surface area contributed by atoms with Crippen molar-refractivity contribution in [1.82, 2.24) is 29.3 Å². The smallest absolute Gasteiger partial charge is 0.261 e. The first-order valence-corrected chi connectivity index (χ1v) is 13.3. The second-order valence-electron chi connectivity index (χ2n) is 10.7. The zero-order valence-corrected chi connectivity index (χ0v) is 22.5. The first kappa shape index (κ1) is 26.3. The molecule has 0 unspecified atom stereocenters. The van der Waals surface area contributed by atoms with Crippen molar-refractivity contribution in [2.75, 3.05) is 25.4 Å². The van der Waals surface area contributed by atoms with Gasteiger partial charge < -0.3 is 24.8 Å². The van der Waals surface area contributed by atoms with Crippen LogP contribution < -0.4 is 5.73 Å². The lowest BCUT2D eigenvalue weighted by Gasteiger charge is -2.28. The number of anilines is 1. The fraction of sp³-hybridized carbons (Fsp3) is 0.481. The van der Waals surface area contributed by atoms with E-state index in [2.05, 4.69) is 15.0 Å². The summed E-state index contributed by atoms with van der Waals surface area (Å²) in [6.45, 7) is 6.19. The third kappa shape index (κ3) is 4.49. The Balaban J connectivity index is 1.12. The van der Waals surface area contributed by atoms with Crippen LogP contribution in [0.3, 0.4) is 0 Å². The molecule has 4 atom stereocenters. The number of hydrogen-bond donors (Lipinski definition) is 1. The highest BCUT2D eigenvalue weighted by Crippen LogP contribution is 2.44. The van der Waals surface area contributed by atoms with Gasteiger partial charge in [-0.3, -0.25) is 23.9 Å². The van der Waals surface area contributed by atoms with Crippen LogP contribution in [0.4, 0.5) is 5.82 Å². The van der Waals surface area contributed by atoms with E-state index in [9.17, 15) is 14.4 Å². The zero-order chi connectivity index (χ0) is 28.2. The topological polar surface area (TPSA) is 155 Å². The van der Waals surface area contributed by atoms with E-state index in [1.54, 1.807) is 40.1 Å². The average molecular weight is 550 g/mol. The summed E-state index contributed by atoms with van der Waals surface area (Å²) in [5.74, 6) is -1.24. The van der Waals surface area contributed by atoms with Crippen molar-refractivity contribution in [2.45, 2.75) is 63.9 Å². The van der Waals surface area contributed by atoms with Crippen LogP contribution in [0.15, 0.2) is 36.9 Å². The average Bonchev–Trinajstić information content (AvgIpc) is 3.63. The molecule has 0 bridgehead atoms. The molecule has 3 aromatic rings. The highest BCUT2D eigenvalue weighted by molar-refractivity contribution is 6.21. The van der Waals surface area contributed by atoms with Gasteiger partial charge in [0.2, 0.25) is 5.91 Å². The second-order valence-corrected chi connectivity index (χ2v) is 10.7. The number of rotatable bonds is 8. The summed E-state index contributed by atoms with van der Waals surface area (Å²) < 4.78 is 20.6. The van der Waals surface area contributed by atoms with Crippen LogP contribution in [0.5, 0.6) is 0 Å². The molecule has 3 aliphatic rings. The second kappa shape index (κ2) is 9.91. The molecule has 0 aliphatic carbocycles. The first-order valence-electron chi connectivity index (χ1n) is 13.3. The van der Waals surface area contributed by atoms with Crippen LogP contribution in [0.2, 0.25) is 0 Å². The van der Waals surface area contributed by atoms with Gasteiger partial charge in [0.1, 0.15) is 30.2 Å². The Morgan fingerprint density at radius 2 is 1.75 bits per heavy atom. The molecule has 3 aliphatic heterocycles. The Kier molecular flexibility index (Phi) is 6.51. The van der Waals surface area contributed by atoms with Gasteiger partial charge in [0.05, 0.1) is 17.5 Å². The number of imidazole rings is 1. The standard InChI is InChI=1S/C27H31N7O6/c1-15(35)32(10-6-7-11-33-24(36)16-8-4-5-9-17(16)25(33)37)12-18-20-21(40-27(2,3)39-20)26(38-18)34-14-31-19-22(28)29-13-30-23(19)34/h4-5,8-9,13-14,18,20-21,26H,6-7,10-12H2,1-3H3,(H2,28,29,30)/t18-,20-,21-,26-/m1/s1. The van der Waals surface area contributed by atoms with E-state index >= 15 is 0 Å². The van der Waals surface area contributed by atoms with Crippen molar-refractivity contribution in [3.8, 4) is 0 Å². The molecule has 2 fully saturated rings. The molecule has 0 radical (unpaired) electrons. The van der Waals surface area contributed by atoms with Gasteiger partial charge in [0.15, 0.2) is 23.5 Å². The SMILES string of the molecule is CC(=O)N(CCCCN1C(=O)c2ccccc2C1=O)C[C@H]1O[C@@H](n2cnc3c(N)ncnc32)[C@@H]2OC(C)(C)O[C@@H]21. The number of ether oxygens (including phenoxy) is 3. The number of nitrogens with two attached hydrogens (primary N) is 1. The Labute approximate surface area is 230 Å². The van der Waals surface area contributed by atoms with E-state index in [1.807, 2.05) is 13.8 Å². The van der Waals surface area contributed by atoms with E-state index < -0.39 is 30.3 Å². The van der Waals surface area contributed by atoms with Gasteiger partial charge in [0.25, 0.3) is 11.8 Å². The summed E-state index contributed by atoms with van der Waals surface area (Å²) in [5.41, 5.74) is 7.82. The number of imide groups is 1. The number of hydrogen-bond acceptors (Lipinski definition) is 10. The maximum absolute atomic E-state index is 12.6. The summed E-state index contributed by atoms with van der Waals surface area (Å²) in [4.78, 5) is 53.5. The van der Waals surface area contributed by atoms with Gasteiger partial charge >= 0.3 is 0 Å². The third-order valence-corrected chi connectivity index (χ3v) is 7.57. The third-order valence-electron chi connectivity index (χ3n) is 7.57. The van der Waals surface area contributed by atoms with Gasteiger partial charge in [-0.1, -0.05) is 12.1 Å². The normalized spacial score (nSPS) is 25.0. The molecule has 6 rings (SSSR count). The fourth-order valence-corrected chi connectivity index (χ4v) is 5.70. The van der Waals surface area contributed by atoms with Crippen molar-refractivity contribution >= 4 is 34.7 Å². The predicted molar refractivity (Wildman–Crippen MR) is 141 cm³/mol. The predicted octanol–water partition coefficient (Wildman–Crippen LogP) is 1.75. The van der Waals surface area contributed by atoms with Gasteiger partial charge in [0, 0.05) is 26.6 Å². The molecular weight excluding hydrogens is 518 g/mol. The van der Waals surface area contributed by atoms with Crippen molar-refractivity contribution < 1.29 is 28.6 Å². The minimum Gasteiger partial charge on any atom is -0.382 e. The highest BCUT2D eigenvalue weighted by Gasteiger charge is 2.56. The lowest BCUT2D eigenvalue weighted by atomic mass is 10.1. The zero-order valence-electron chi connectivity index (χ0n) is 22.5. The number of nitrogen functional groups attached to an aromatic ring is 1. The van der Waals surface area contributed by atoms with Crippen LogP contribution in [0, 0.1) is 0 Å². The fourth-order valence-electron chi connectivity index (χ4n) is 5.70. The number of amides is 3. The molecule has 2 saturated heterocycles. The van der Waals surface area contributed by atoms with E-state index in [0.29, 0.717) is 41.7 Å². The number of carbonyl (C=O) groups is 3. The molecule has 0 saturated carbocycles. The Morgan fingerprint density at radius 1 is 1.05 bits per heavy atom. The van der Waals surface area contributed by atoms with E-state index in [0.717, 1.165) is 0 Å². The van der Waals surface area contributed by atoms with Crippen LogP contribution in [-0.2, 0) is 19.0 Å². The van der Waals surface area contributed by atoms with Gasteiger partial charge in [-0.25, -0.2) is 15.0 Å². The first-order chi connectivity index (χ1) is 19.1. The highest BCUT2D eigenvalue weighted by atomic mass is 16.8. The Morgan fingerprint density at radius 3 is 2.45 bits per heavy atom. The largest absolute Gasteiger partial charge is 0.382 e. The molecule has 13 nitrogen and oxygen atoms in total. The van der Waals surface area contributed by atoms with Gasteiger partial charge in [-0.15, -0.1) is 0 Å². The monoisotopic (exact) mass is 549 g/mol. The van der Waals surface area contributed by atoms with Crippen LogP contribution in [-0.4, -0.2) is 90.8 Å². The van der Waals surface area contributed by atoms with Crippen LogP contribution in [0.25, 0.3) is 11.2 Å². The maximum atomic E-state index is 12.6. The van der Waals surface area contributed by atoms with Crippen molar-refractivity contribution in [3.05, 3.63) is 48.0 Å². The summed E-state index contributed by atoms with van der Waals surface area (Å²) in [5, 5.41) is 0. The number of fused-ring (bicyclic) bond motifs is 3. The summed E-state index contributed by atoms with van der Waals surface area (Å²) in [6.07, 6.45) is 2.15. The molecule has 13 heteroatoms. The summed E-state index contributed by atoms with van der Waals surface area (Å²) in [7, 11) is 0. The lowest BCUT2D eigenvalue weighted by molar-refractivity contribution is -0.198. The number of unbranched alkanes of at least 4 members (excludes halogenated alkanes) is 1.